The molecule has 0 unspecified atom stereocenters. The third-order valence-corrected chi connectivity index (χ3v) is 15.4. The van der Waals surface area contributed by atoms with Crippen molar-refractivity contribution in [3.8, 4) is 5.75 Å². The zero-order valence-electron chi connectivity index (χ0n) is 56.7. The first-order valence-electron chi connectivity index (χ1n) is 31.9. The van der Waals surface area contributed by atoms with Gasteiger partial charge in [-0.2, -0.15) is 0 Å². The number of carbonyl (C=O) groups excluding carboxylic acids is 7. The van der Waals surface area contributed by atoms with Crippen LogP contribution in [0.5, 0.6) is 5.75 Å². The van der Waals surface area contributed by atoms with Crippen molar-refractivity contribution in [2.75, 3.05) is 52.4 Å². The van der Waals surface area contributed by atoms with Gasteiger partial charge in [0.1, 0.15) is 46.0 Å². The summed E-state index contributed by atoms with van der Waals surface area (Å²) in [6, 6.07) is 23.2. The molecule has 18 nitrogen and oxygen atoms in total. The summed E-state index contributed by atoms with van der Waals surface area (Å²) in [7, 11) is 0. The van der Waals surface area contributed by atoms with E-state index in [-0.39, 0.29) is 67.7 Å². The first kappa shape index (κ1) is 71.2. The highest BCUT2D eigenvalue weighted by Gasteiger charge is 2.43. The number of carbonyl (C=O) groups is 7. The van der Waals surface area contributed by atoms with E-state index >= 15 is 0 Å². The molecule has 4 amide bonds. The van der Waals surface area contributed by atoms with Crippen LogP contribution >= 0.6 is 0 Å². The standard InChI is InChI=1S/C71H104N4O14/c1-66(2,3)84-60(77)56(52-28-31-73(44-52)63(80)87-69(10,11)12)39-47-22-19-24-49(36-47)42-59(76)72(43-51-26-20-23-48(37-51)40-57(61(78)85-67(4,5)6)53-29-32-74(45-53)64(81)88-70(13,14)15)34-35-83-55-27-21-25-50(38-55)41-58(62(79)86-68(7,8)9)54-30-33-75(46-54)65(82)89-71(16,17)18/h19-27,36-38,52-54,56-58H,28-35,39-46H2,1-18H3/t52-,53-,54-,56-,57-,58-/m0/s1. The van der Waals surface area contributed by atoms with Crippen molar-refractivity contribution in [3.05, 3.63) is 101 Å². The number of benzene rings is 3. The Balaban J connectivity index is 1.25. The molecule has 0 saturated carbocycles. The monoisotopic (exact) mass is 1240 g/mol. The van der Waals surface area contributed by atoms with Gasteiger partial charge in [-0.15, -0.1) is 0 Å². The van der Waals surface area contributed by atoms with Gasteiger partial charge in [-0.1, -0.05) is 60.7 Å². The van der Waals surface area contributed by atoms with Crippen LogP contribution in [0.15, 0.2) is 72.8 Å². The fraction of sp³-hybridized carbons (Fsp3) is 0.648. The molecule has 6 rings (SSSR count). The lowest BCUT2D eigenvalue weighted by molar-refractivity contribution is -0.163. The average Bonchev–Trinajstić information content (AvgIpc) is 3.02. The summed E-state index contributed by atoms with van der Waals surface area (Å²) >= 11 is 0. The zero-order chi connectivity index (χ0) is 66.0. The minimum atomic E-state index is -0.740. The molecular weight excluding hydrogens is 1130 g/mol. The molecule has 3 aliphatic heterocycles. The van der Waals surface area contributed by atoms with Crippen molar-refractivity contribution in [1.29, 1.82) is 0 Å². The Labute approximate surface area is 530 Å². The van der Waals surface area contributed by atoms with E-state index in [1.54, 1.807) is 19.6 Å². The predicted molar refractivity (Wildman–Crippen MR) is 341 cm³/mol. The second kappa shape index (κ2) is 29.4. The molecule has 3 aliphatic rings. The maximum absolute atomic E-state index is 15.0. The molecule has 0 aliphatic carbocycles. The van der Waals surface area contributed by atoms with E-state index in [1.165, 1.54) is 0 Å². The van der Waals surface area contributed by atoms with Crippen molar-refractivity contribution < 1.29 is 66.7 Å². The van der Waals surface area contributed by atoms with Crippen LogP contribution in [0, 0.1) is 35.5 Å². The van der Waals surface area contributed by atoms with Gasteiger partial charge in [0, 0.05) is 45.8 Å². The van der Waals surface area contributed by atoms with Gasteiger partial charge in [0.25, 0.3) is 0 Å². The third-order valence-electron chi connectivity index (χ3n) is 15.4. The maximum atomic E-state index is 15.0. The Kier molecular flexibility index (Phi) is 23.5. The summed E-state index contributed by atoms with van der Waals surface area (Å²) in [4.78, 5) is 103. The second-order valence-electron chi connectivity index (χ2n) is 30.6. The van der Waals surface area contributed by atoms with Crippen LogP contribution < -0.4 is 4.74 Å². The molecule has 89 heavy (non-hydrogen) atoms. The molecule has 3 saturated heterocycles. The molecule has 0 radical (unpaired) electrons. The quantitative estimate of drug-likeness (QED) is 0.0765. The number of likely N-dealkylation sites (tertiary alicyclic amines) is 3. The van der Waals surface area contributed by atoms with E-state index in [0.29, 0.717) is 83.5 Å². The number of amides is 4. The van der Waals surface area contributed by atoms with Crippen molar-refractivity contribution in [2.45, 2.75) is 210 Å². The lowest BCUT2D eigenvalue weighted by atomic mass is 9.85. The van der Waals surface area contributed by atoms with E-state index in [9.17, 15) is 33.6 Å². The van der Waals surface area contributed by atoms with Crippen LogP contribution in [0.25, 0.3) is 0 Å². The molecule has 3 fully saturated rings. The average molecular weight is 1240 g/mol. The maximum Gasteiger partial charge on any atom is 0.410 e. The van der Waals surface area contributed by atoms with Gasteiger partial charge >= 0.3 is 36.2 Å². The molecule has 0 spiro atoms. The number of esters is 3. The number of nitrogens with zero attached hydrogens (tertiary/aromatic N) is 4. The molecule has 3 heterocycles. The van der Waals surface area contributed by atoms with Crippen LogP contribution in [0.3, 0.4) is 0 Å². The van der Waals surface area contributed by atoms with E-state index in [0.717, 1.165) is 27.8 Å². The molecule has 3 aromatic carbocycles. The number of hydrogen-bond donors (Lipinski definition) is 0. The summed E-state index contributed by atoms with van der Waals surface area (Å²) in [6.45, 7) is 35.9. The molecule has 492 valence electrons. The van der Waals surface area contributed by atoms with Crippen molar-refractivity contribution in [3.63, 3.8) is 0 Å². The zero-order valence-corrected chi connectivity index (χ0v) is 56.7. The van der Waals surface area contributed by atoms with Gasteiger partial charge < -0.3 is 52.8 Å². The van der Waals surface area contributed by atoms with Crippen LogP contribution in [0.1, 0.15) is 172 Å². The summed E-state index contributed by atoms with van der Waals surface area (Å²) in [5, 5.41) is 0. The van der Waals surface area contributed by atoms with E-state index in [1.807, 2.05) is 197 Å². The summed E-state index contributed by atoms with van der Waals surface area (Å²) in [5.41, 5.74) is -0.0552. The lowest BCUT2D eigenvalue weighted by Gasteiger charge is -2.28. The van der Waals surface area contributed by atoms with Crippen molar-refractivity contribution >= 4 is 42.1 Å². The normalized spacial score (nSPS) is 18.6. The Morgan fingerprint density at radius 3 is 1.10 bits per heavy atom. The van der Waals surface area contributed by atoms with Crippen molar-refractivity contribution in [2.24, 2.45) is 35.5 Å². The number of rotatable bonds is 20. The van der Waals surface area contributed by atoms with Crippen LogP contribution in [0.4, 0.5) is 14.4 Å². The van der Waals surface area contributed by atoms with Crippen LogP contribution in [0.2, 0.25) is 0 Å². The van der Waals surface area contributed by atoms with E-state index in [4.69, 9.17) is 33.2 Å². The predicted octanol–water partition coefficient (Wildman–Crippen LogP) is 12.6. The van der Waals surface area contributed by atoms with E-state index in [2.05, 4.69) is 0 Å². The molecule has 0 aromatic heterocycles. The highest BCUT2D eigenvalue weighted by Crippen LogP contribution is 2.35. The number of hydrogen-bond acceptors (Lipinski definition) is 14. The third kappa shape index (κ3) is 23.8. The molecule has 0 bridgehead atoms. The SMILES string of the molecule is CC(C)(C)OC(=O)[C@@H](Cc1cccc(CC(=O)N(CCOc2cccc(C[C@H](C(=O)OC(C)(C)C)[C@H]3CCN(C(=O)OC(C)(C)C)C3)c2)Cc2cccc(C[C@H](C(=O)OC(C)(C)C)[C@H]3CCN(C(=O)OC(C)(C)C)C3)c2)c1)[C@H]1CCN(C(=O)OC(C)(C)C)C1. The molecule has 0 N–H and O–H groups in total. The Morgan fingerprint density at radius 1 is 0.427 bits per heavy atom. The molecule has 6 atom stereocenters. The summed E-state index contributed by atoms with van der Waals surface area (Å²) in [5.74, 6) is -2.87. The smallest absolute Gasteiger partial charge is 0.410 e. The van der Waals surface area contributed by atoms with Gasteiger partial charge in [0.15, 0.2) is 0 Å². The van der Waals surface area contributed by atoms with Crippen molar-refractivity contribution in [1.82, 2.24) is 19.6 Å². The second-order valence-corrected chi connectivity index (χ2v) is 30.6. The topological polar surface area (TPSA) is 197 Å². The molecule has 18 heteroatoms. The largest absolute Gasteiger partial charge is 0.492 e. The van der Waals surface area contributed by atoms with Gasteiger partial charge in [-0.05, 0) is 221 Å². The minimum absolute atomic E-state index is 0.0328. The first-order chi connectivity index (χ1) is 41.1. The highest BCUT2D eigenvalue weighted by atomic mass is 16.6. The van der Waals surface area contributed by atoms with Crippen LogP contribution in [-0.2, 0) is 79.8 Å². The molecular formula is C71H104N4O14. The van der Waals surface area contributed by atoms with Gasteiger partial charge in [0.05, 0.1) is 30.7 Å². The lowest BCUT2D eigenvalue weighted by Crippen LogP contribution is -2.38. The minimum Gasteiger partial charge on any atom is -0.492 e. The van der Waals surface area contributed by atoms with Gasteiger partial charge in [-0.25, -0.2) is 14.4 Å². The fourth-order valence-electron chi connectivity index (χ4n) is 11.6. The molecule has 3 aromatic rings. The summed E-state index contributed by atoms with van der Waals surface area (Å²) in [6.07, 6.45) is 1.63. The first-order valence-corrected chi connectivity index (χ1v) is 31.9. The number of ether oxygens (including phenoxy) is 7. The Hall–Kier alpha value is -6.85. The van der Waals surface area contributed by atoms with Crippen LogP contribution in [-0.4, -0.2) is 148 Å². The highest BCUT2D eigenvalue weighted by molar-refractivity contribution is 5.79. The fourth-order valence-corrected chi connectivity index (χ4v) is 11.6. The van der Waals surface area contributed by atoms with Gasteiger partial charge in [-0.3, -0.25) is 19.2 Å². The van der Waals surface area contributed by atoms with E-state index < -0.39 is 69.6 Å². The van der Waals surface area contributed by atoms with Gasteiger partial charge in [0.2, 0.25) is 5.91 Å². The Bertz CT molecular complexity index is 2930. The Morgan fingerprint density at radius 2 is 0.742 bits per heavy atom. The summed E-state index contributed by atoms with van der Waals surface area (Å²) < 4.78 is 41.5.